The minimum absolute atomic E-state index is 0. The molecule has 2 heterocycles. The van der Waals surface area contributed by atoms with Crippen LogP contribution in [-0.2, 0) is 46.3 Å². The number of hydrogen-bond donors (Lipinski definition) is 0. The van der Waals surface area contributed by atoms with Crippen molar-refractivity contribution in [3.05, 3.63) is 108 Å². The van der Waals surface area contributed by atoms with Gasteiger partial charge in [-0.25, -0.2) is 0 Å². The van der Waals surface area contributed by atoms with Crippen molar-refractivity contribution in [3.8, 4) is 23.7 Å². The van der Waals surface area contributed by atoms with Crippen LogP contribution in [0.1, 0.15) is 29.5 Å². The monoisotopic (exact) mass is 681 g/mol. The van der Waals surface area contributed by atoms with E-state index in [1.165, 1.54) is 5.56 Å². The van der Waals surface area contributed by atoms with E-state index in [-0.39, 0.29) is 21.1 Å². The van der Waals surface area contributed by atoms with E-state index < -0.39 is 0 Å². The van der Waals surface area contributed by atoms with Crippen LogP contribution < -0.4 is 0 Å². The molecule has 5 heteroatoms. The molecule has 0 amide bonds. The molecule has 5 rings (SSSR count). The summed E-state index contributed by atoms with van der Waals surface area (Å²) in [5.41, 5.74) is 5.04. The van der Waals surface area contributed by atoms with Crippen molar-refractivity contribution in [3.63, 3.8) is 0 Å². The molecular formula is C31H22N2PtS2. The van der Waals surface area contributed by atoms with Crippen molar-refractivity contribution in [2.45, 2.75) is 29.6 Å². The molecule has 5 aromatic rings. The van der Waals surface area contributed by atoms with E-state index in [1.807, 2.05) is 73.9 Å². The van der Waals surface area contributed by atoms with Gasteiger partial charge in [0.25, 0.3) is 0 Å². The van der Waals surface area contributed by atoms with Crippen LogP contribution in [0, 0.1) is 30.6 Å². The predicted molar refractivity (Wildman–Crippen MR) is 149 cm³/mol. The fourth-order valence-electron chi connectivity index (χ4n) is 3.35. The fourth-order valence-corrected chi connectivity index (χ4v) is 3.73. The van der Waals surface area contributed by atoms with Crippen LogP contribution in [-0.4, -0.2) is 9.97 Å². The first kappa shape index (κ1) is 27.3. The molecule has 0 unspecified atom stereocenters. The van der Waals surface area contributed by atoms with Crippen LogP contribution in [0.15, 0.2) is 101 Å². The first-order valence-corrected chi connectivity index (χ1v) is 12.0. The van der Waals surface area contributed by atoms with E-state index in [2.05, 4.69) is 57.9 Å². The Morgan fingerprint density at radius 3 is 1.61 bits per heavy atom. The first-order chi connectivity index (χ1) is 17.1. The Morgan fingerprint density at radius 2 is 1.14 bits per heavy atom. The van der Waals surface area contributed by atoms with Crippen molar-refractivity contribution in [2.24, 2.45) is 0 Å². The van der Waals surface area contributed by atoms with Gasteiger partial charge in [0.1, 0.15) is 0 Å². The third kappa shape index (κ3) is 7.87. The topological polar surface area (TPSA) is 25.8 Å². The van der Waals surface area contributed by atoms with Gasteiger partial charge in [0.15, 0.2) is 0 Å². The van der Waals surface area contributed by atoms with Gasteiger partial charge in [-0.2, -0.15) is 9.79 Å². The van der Waals surface area contributed by atoms with Gasteiger partial charge >= 0.3 is 21.1 Å². The molecule has 0 aliphatic rings. The molecule has 0 atom stereocenters. The summed E-state index contributed by atoms with van der Waals surface area (Å²) < 4.78 is 0. The van der Waals surface area contributed by atoms with E-state index in [0.29, 0.717) is 0 Å². The summed E-state index contributed by atoms with van der Waals surface area (Å²) in [5.74, 6) is 12.7. The van der Waals surface area contributed by atoms with Crippen LogP contribution in [0.2, 0.25) is 0 Å². The maximum absolute atomic E-state index is 4.94. The molecule has 2 nitrogen and oxygen atoms in total. The summed E-state index contributed by atoms with van der Waals surface area (Å²) in [6.45, 7) is 2.00. The van der Waals surface area contributed by atoms with Crippen LogP contribution >= 0.6 is 0 Å². The molecule has 2 aromatic heterocycles. The number of fused-ring (bicyclic) bond motifs is 2. The number of nitrogens with zero attached hydrogens (tertiary/aromatic N) is 2. The van der Waals surface area contributed by atoms with E-state index >= 15 is 0 Å². The predicted octanol–water partition coefficient (Wildman–Crippen LogP) is 6.77. The van der Waals surface area contributed by atoms with Gasteiger partial charge < -0.3 is 25.3 Å². The number of pyridine rings is 2. The maximum Gasteiger partial charge on any atom is 2.00 e. The number of benzene rings is 3. The summed E-state index contributed by atoms with van der Waals surface area (Å²) in [5, 5.41) is 2.23. The van der Waals surface area contributed by atoms with Crippen LogP contribution in [0.3, 0.4) is 0 Å². The van der Waals surface area contributed by atoms with E-state index in [1.54, 1.807) is 0 Å². The number of rotatable bonds is 1. The Kier molecular flexibility index (Phi) is 10.4. The summed E-state index contributed by atoms with van der Waals surface area (Å²) in [6, 6.07) is 26.0. The molecule has 3 aromatic carbocycles. The van der Waals surface area contributed by atoms with Crippen LogP contribution in [0.4, 0.5) is 0 Å². The number of hydrogen-bond acceptors (Lipinski definition) is 4. The standard InChI is InChI=1S/C24H16N2.C7H8S2.Pt/c1(3-9-19-15-21-11-5-7-13-23(21)25-17-19)2-4-10-20-16-22-12-6-8-14-24(22)26-18-20;1-5-2-3-6(8)7(9)4-5;/h5-8,11-18H,1-2H2;2-4,8-9H,1H3;/q;;+2/p-2. The second-order valence-corrected chi connectivity index (χ2v) is 8.77. The Hall–Kier alpha value is -3.27. The quantitative estimate of drug-likeness (QED) is 0.111. The molecule has 0 saturated carbocycles. The van der Waals surface area contributed by atoms with Gasteiger partial charge in [0.05, 0.1) is 11.0 Å². The van der Waals surface area contributed by atoms with Crippen LogP contribution in [0.25, 0.3) is 21.8 Å². The van der Waals surface area contributed by atoms with Crippen molar-refractivity contribution in [2.75, 3.05) is 0 Å². The fraction of sp³-hybridized carbons (Fsp3) is 0.0968. The number of aromatic nitrogens is 2. The average molecular weight is 682 g/mol. The molecular weight excluding hydrogens is 660 g/mol. The van der Waals surface area contributed by atoms with E-state index in [4.69, 9.17) is 25.3 Å². The van der Waals surface area contributed by atoms with Gasteiger partial charge in [0, 0.05) is 47.1 Å². The molecule has 0 bridgehead atoms. The second kappa shape index (κ2) is 13.7. The summed E-state index contributed by atoms with van der Waals surface area (Å²) in [6.07, 6.45) is 5.12. The van der Waals surface area contributed by atoms with Crippen molar-refractivity contribution < 1.29 is 21.1 Å². The van der Waals surface area contributed by atoms with E-state index in [9.17, 15) is 0 Å². The number of unbranched alkanes of at least 4 members (excludes halogenated alkanes) is 1. The maximum atomic E-state index is 4.94. The normalized spacial score (nSPS) is 9.58. The molecule has 0 N–H and O–H groups in total. The zero-order valence-electron chi connectivity index (χ0n) is 19.6. The summed E-state index contributed by atoms with van der Waals surface area (Å²) in [4.78, 5) is 10.4. The molecule has 0 aliphatic heterocycles. The zero-order chi connectivity index (χ0) is 24.5. The van der Waals surface area contributed by atoms with Gasteiger partial charge in [-0.05, 0) is 31.2 Å². The molecule has 0 fully saturated rings. The minimum Gasteiger partial charge on any atom is -0.781 e. The Bertz CT molecular complexity index is 1510. The summed E-state index contributed by atoms with van der Waals surface area (Å²) >= 11 is 9.85. The van der Waals surface area contributed by atoms with Crippen molar-refractivity contribution in [1.82, 2.24) is 9.97 Å². The van der Waals surface area contributed by atoms with E-state index in [0.717, 1.165) is 55.6 Å². The SMILES string of the molecule is C(#Cc1cnc2ccccc2c1)CCC#Cc1cnc2ccccc2c1.Cc1ccc([S-])c([S-])c1.[Pt+2]. The number of para-hydroxylation sites is 2. The van der Waals surface area contributed by atoms with Gasteiger partial charge in [-0.15, -0.1) is 0 Å². The van der Waals surface area contributed by atoms with Crippen LogP contribution in [0.5, 0.6) is 0 Å². The third-order valence-corrected chi connectivity index (χ3v) is 5.94. The number of aryl methyl sites for hydroxylation is 1. The molecule has 0 spiro atoms. The largest absolute Gasteiger partial charge is 2.00 e. The molecule has 0 radical (unpaired) electrons. The van der Waals surface area contributed by atoms with Gasteiger partial charge in [-0.1, -0.05) is 83.8 Å². The van der Waals surface area contributed by atoms with Gasteiger partial charge in [-0.3, -0.25) is 9.97 Å². The van der Waals surface area contributed by atoms with Gasteiger partial charge in [0.2, 0.25) is 0 Å². The molecule has 178 valence electrons. The summed E-state index contributed by atoms with van der Waals surface area (Å²) in [7, 11) is 0. The third-order valence-electron chi connectivity index (χ3n) is 5.12. The molecule has 0 saturated heterocycles. The zero-order valence-corrected chi connectivity index (χ0v) is 23.5. The Balaban J connectivity index is 0.000000307. The minimum atomic E-state index is 0. The molecule has 36 heavy (non-hydrogen) atoms. The van der Waals surface area contributed by atoms with Crippen molar-refractivity contribution >= 4 is 47.1 Å². The Labute approximate surface area is 238 Å². The Morgan fingerprint density at radius 1 is 0.639 bits per heavy atom. The first-order valence-electron chi connectivity index (χ1n) is 11.2. The smallest absolute Gasteiger partial charge is 0.781 e. The second-order valence-electron chi connectivity index (χ2n) is 7.89. The average Bonchev–Trinajstić information content (AvgIpc) is 2.88. The van der Waals surface area contributed by atoms with Crippen molar-refractivity contribution in [1.29, 1.82) is 0 Å². The molecule has 0 aliphatic carbocycles.